The largest absolute Gasteiger partial charge is 0.479 e. The molecule has 1 saturated heterocycles. The standard InChI is InChI=1S/C30H35N5O2/c1-21-25(22(2)31-29-27(21)30(37-4)32-33(29)3)15-16-26(36)34-17-19-35(20-18-34)28(23-11-7-5-8-12-23)24-13-9-6-10-14-24/h5-14,28H,15-20H2,1-4H3. The summed E-state index contributed by atoms with van der Waals surface area (Å²) < 4.78 is 7.24. The SMILES string of the molecule is COc1nn(C)c2nc(C)c(CCC(=O)N3CCN(C(c4ccccc4)c4ccccc4)CC3)c(C)c12. The van der Waals surface area contributed by atoms with Crippen molar-refractivity contribution in [3.05, 3.63) is 88.6 Å². The fourth-order valence-electron chi connectivity index (χ4n) is 5.61. The van der Waals surface area contributed by atoms with E-state index in [1.807, 2.05) is 18.9 Å². The predicted molar refractivity (Wildman–Crippen MR) is 146 cm³/mol. The Balaban J connectivity index is 1.26. The molecule has 2 aromatic carbocycles. The van der Waals surface area contributed by atoms with Gasteiger partial charge in [-0.2, -0.15) is 0 Å². The Hall–Kier alpha value is -3.71. The fourth-order valence-corrected chi connectivity index (χ4v) is 5.61. The minimum absolute atomic E-state index is 0.192. The first-order chi connectivity index (χ1) is 18.0. The average Bonchev–Trinajstić information content (AvgIpc) is 3.25. The molecule has 0 saturated carbocycles. The highest BCUT2D eigenvalue weighted by Crippen LogP contribution is 2.31. The first-order valence-corrected chi connectivity index (χ1v) is 13.0. The lowest BCUT2D eigenvalue weighted by Crippen LogP contribution is -2.49. The molecule has 0 unspecified atom stereocenters. The molecular weight excluding hydrogens is 462 g/mol. The number of ether oxygens (including phenoxy) is 1. The molecule has 3 heterocycles. The molecule has 5 rings (SSSR count). The Morgan fingerprint density at radius 1 is 0.946 bits per heavy atom. The van der Waals surface area contributed by atoms with Crippen LogP contribution in [0.4, 0.5) is 0 Å². The number of aryl methyl sites for hydroxylation is 3. The Labute approximate surface area is 218 Å². The van der Waals surface area contributed by atoms with E-state index in [4.69, 9.17) is 9.72 Å². The summed E-state index contributed by atoms with van der Waals surface area (Å²) in [7, 11) is 3.50. The highest BCUT2D eigenvalue weighted by Gasteiger charge is 2.28. The highest BCUT2D eigenvalue weighted by atomic mass is 16.5. The van der Waals surface area contributed by atoms with Crippen molar-refractivity contribution in [2.75, 3.05) is 33.3 Å². The van der Waals surface area contributed by atoms with Crippen molar-refractivity contribution in [1.82, 2.24) is 24.6 Å². The fraction of sp³-hybridized carbons (Fsp3) is 0.367. The van der Waals surface area contributed by atoms with Crippen molar-refractivity contribution < 1.29 is 9.53 Å². The average molecular weight is 498 g/mol. The van der Waals surface area contributed by atoms with Gasteiger partial charge in [0.05, 0.1) is 18.5 Å². The minimum Gasteiger partial charge on any atom is -0.479 e. The molecule has 7 heteroatoms. The van der Waals surface area contributed by atoms with E-state index in [1.165, 1.54) is 11.1 Å². The zero-order valence-electron chi connectivity index (χ0n) is 22.1. The van der Waals surface area contributed by atoms with Gasteiger partial charge in [-0.1, -0.05) is 60.7 Å². The van der Waals surface area contributed by atoms with Crippen molar-refractivity contribution >= 4 is 16.9 Å². The number of hydrogen-bond donors (Lipinski definition) is 0. The molecule has 37 heavy (non-hydrogen) atoms. The number of benzene rings is 2. The zero-order valence-corrected chi connectivity index (χ0v) is 22.1. The second kappa shape index (κ2) is 10.7. The quantitative estimate of drug-likeness (QED) is 0.377. The van der Waals surface area contributed by atoms with E-state index in [1.54, 1.807) is 11.8 Å². The molecule has 1 amide bonds. The van der Waals surface area contributed by atoms with Gasteiger partial charge in [0, 0.05) is 45.3 Å². The second-order valence-electron chi connectivity index (χ2n) is 9.77. The second-order valence-corrected chi connectivity index (χ2v) is 9.77. The molecule has 4 aromatic rings. The van der Waals surface area contributed by atoms with Gasteiger partial charge >= 0.3 is 0 Å². The maximum absolute atomic E-state index is 13.2. The van der Waals surface area contributed by atoms with Crippen LogP contribution in [0.25, 0.3) is 11.0 Å². The van der Waals surface area contributed by atoms with Crippen molar-refractivity contribution in [3.8, 4) is 5.88 Å². The number of amides is 1. The first kappa shape index (κ1) is 25.0. The van der Waals surface area contributed by atoms with Crippen LogP contribution in [-0.2, 0) is 18.3 Å². The van der Waals surface area contributed by atoms with Crippen LogP contribution in [0.1, 0.15) is 40.4 Å². The van der Waals surface area contributed by atoms with Crippen LogP contribution in [0.3, 0.4) is 0 Å². The lowest BCUT2D eigenvalue weighted by atomic mass is 9.96. The maximum atomic E-state index is 13.2. The zero-order chi connectivity index (χ0) is 25.9. The van der Waals surface area contributed by atoms with E-state index in [-0.39, 0.29) is 11.9 Å². The van der Waals surface area contributed by atoms with E-state index >= 15 is 0 Å². The molecule has 0 radical (unpaired) electrons. The Morgan fingerprint density at radius 3 is 2.11 bits per heavy atom. The third kappa shape index (κ3) is 4.96. The van der Waals surface area contributed by atoms with Gasteiger partial charge in [-0.05, 0) is 42.5 Å². The molecule has 0 spiro atoms. The Bertz CT molecular complexity index is 1340. The van der Waals surface area contributed by atoms with Crippen molar-refractivity contribution in [3.63, 3.8) is 0 Å². The van der Waals surface area contributed by atoms with Crippen LogP contribution in [0.2, 0.25) is 0 Å². The summed E-state index contributed by atoms with van der Waals surface area (Å²) in [5.41, 5.74) is 6.53. The van der Waals surface area contributed by atoms with Crippen molar-refractivity contribution in [1.29, 1.82) is 0 Å². The lowest BCUT2D eigenvalue weighted by molar-refractivity contribution is -0.133. The summed E-state index contributed by atoms with van der Waals surface area (Å²) in [5.74, 6) is 0.783. The number of pyridine rings is 1. The van der Waals surface area contributed by atoms with Crippen LogP contribution in [0, 0.1) is 13.8 Å². The van der Waals surface area contributed by atoms with Gasteiger partial charge < -0.3 is 9.64 Å². The van der Waals surface area contributed by atoms with Gasteiger partial charge in [0.15, 0.2) is 5.65 Å². The van der Waals surface area contributed by atoms with Gasteiger partial charge in [-0.25, -0.2) is 9.67 Å². The van der Waals surface area contributed by atoms with Crippen LogP contribution in [-0.4, -0.2) is 63.8 Å². The molecule has 1 aliphatic heterocycles. The lowest BCUT2D eigenvalue weighted by Gasteiger charge is -2.40. The monoisotopic (exact) mass is 497 g/mol. The molecule has 2 aromatic heterocycles. The Kier molecular flexibility index (Phi) is 7.24. The van der Waals surface area contributed by atoms with Gasteiger partial charge in [0.25, 0.3) is 0 Å². The summed E-state index contributed by atoms with van der Waals surface area (Å²) in [5, 5.41) is 5.37. The molecule has 7 nitrogen and oxygen atoms in total. The van der Waals surface area contributed by atoms with Gasteiger partial charge in [-0.3, -0.25) is 9.69 Å². The number of methoxy groups -OCH3 is 1. The van der Waals surface area contributed by atoms with Gasteiger partial charge in [0.2, 0.25) is 11.8 Å². The van der Waals surface area contributed by atoms with Gasteiger partial charge in [0.1, 0.15) is 0 Å². The van der Waals surface area contributed by atoms with E-state index in [0.717, 1.165) is 54.0 Å². The number of aromatic nitrogens is 3. The summed E-state index contributed by atoms with van der Waals surface area (Å²) >= 11 is 0. The van der Waals surface area contributed by atoms with E-state index < -0.39 is 0 Å². The number of hydrogen-bond acceptors (Lipinski definition) is 5. The number of carbonyl (C=O) groups excluding carboxylic acids is 1. The summed E-state index contributed by atoms with van der Waals surface area (Å²) in [6.45, 7) is 7.25. The number of nitrogens with zero attached hydrogens (tertiary/aromatic N) is 5. The number of rotatable bonds is 7. The van der Waals surface area contributed by atoms with Gasteiger partial charge in [-0.15, -0.1) is 5.10 Å². The van der Waals surface area contributed by atoms with Crippen LogP contribution < -0.4 is 4.74 Å². The molecule has 0 bridgehead atoms. The van der Waals surface area contributed by atoms with E-state index in [9.17, 15) is 4.79 Å². The molecule has 0 N–H and O–H groups in total. The predicted octanol–water partition coefficient (Wildman–Crippen LogP) is 4.46. The molecular formula is C30H35N5O2. The number of carbonyl (C=O) groups is 1. The number of fused-ring (bicyclic) bond motifs is 1. The molecule has 0 atom stereocenters. The van der Waals surface area contributed by atoms with Crippen LogP contribution in [0.5, 0.6) is 5.88 Å². The normalized spacial score (nSPS) is 14.5. The topological polar surface area (TPSA) is 63.5 Å². The number of piperazine rings is 1. The minimum atomic E-state index is 0.192. The summed E-state index contributed by atoms with van der Waals surface area (Å²) in [6.07, 6.45) is 1.13. The first-order valence-electron chi connectivity index (χ1n) is 13.0. The molecule has 0 aliphatic carbocycles. The van der Waals surface area contributed by atoms with E-state index in [0.29, 0.717) is 18.7 Å². The Morgan fingerprint density at radius 2 is 1.54 bits per heavy atom. The molecule has 192 valence electrons. The van der Waals surface area contributed by atoms with Crippen LogP contribution in [0.15, 0.2) is 60.7 Å². The summed E-state index contributed by atoms with van der Waals surface area (Å²) in [6, 6.07) is 21.5. The van der Waals surface area contributed by atoms with E-state index in [2.05, 4.69) is 77.6 Å². The molecule has 1 aliphatic rings. The summed E-state index contributed by atoms with van der Waals surface area (Å²) in [4.78, 5) is 22.5. The van der Waals surface area contributed by atoms with Crippen molar-refractivity contribution in [2.45, 2.75) is 32.7 Å². The van der Waals surface area contributed by atoms with Crippen molar-refractivity contribution in [2.24, 2.45) is 7.05 Å². The third-order valence-corrected chi connectivity index (χ3v) is 7.57. The third-order valence-electron chi connectivity index (χ3n) is 7.57. The smallest absolute Gasteiger partial charge is 0.242 e. The molecule has 1 fully saturated rings. The maximum Gasteiger partial charge on any atom is 0.242 e. The van der Waals surface area contributed by atoms with Crippen LogP contribution >= 0.6 is 0 Å². The highest BCUT2D eigenvalue weighted by molar-refractivity contribution is 5.86.